The van der Waals surface area contributed by atoms with Crippen LogP contribution in [-0.4, -0.2) is 75.5 Å². The molecule has 0 saturated heterocycles. The Morgan fingerprint density at radius 1 is 0.456 bits per heavy atom. The molecular formula is C60H101NO7. The zero-order valence-electron chi connectivity index (χ0n) is 44.2. The van der Waals surface area contributed by atoms with Crippen molar-refractivity contribution in [1.82, 2.24) is 0 Å². The molecule has 0 amide bonds. The molecule has 2 atom stereocenters. The highest BCUT2D eigenvalue weighted by atomic mass is 16.6. The average molecular weight is 948 g/mol. The van der Waals surface area contributed by atoms with Gasteiger partial charge in [-0.05, 0) is 96.3 Å². The van der Waals surface area contributed by atoms with Gasteiger partial charge in [0.15, 0.2) is 6.10 Å². The number of rotatable bonds is 48. The molecule has 0 heterocycles. The molecule has 0 rings (SSSR count). The SMILES string of the molecule is CC/C=C/C/C=C/C/C=C/C/C=C/C/C=C/CCCCCCCCC(=O)OCC(COCCC(C(=O)[O-])[N+](C)(C)C)OC(=O)CCCCCCCCCCC/C=C/C/C=C/C/C=C/CCCCC. The van der Waals surface area contributed by atoms with E-state index in [9.17, 15) is 19.5 Å². The third-order valence-electron chi connectivity index (χ3n) is 11.7. The molecule has 0 radical (unpaired) electrons. The second-order valence-corrected chi connectivity index (χ2v) is 19.1. The van der Waals surface area contributed by atoms with Gasteiger partial charge in [0.2, 0.25) is 0 Å². The van der Waals surface area contributed by atoms with E-state index in [0.717, 1.165) is 103 Å². The summed E-state index contributed by atoms with van der Waals surface area (Å²) in [5.74, 6) is -1.77. The minimum absolute atomic E-state index is 0.0283. The molecule has 0 aliphatic carbocycles. The summed E-state index contributed by atoms with van der Waals surface area (Å²) in [6.07, 6.45) is 67.2. The topological polar surface area (TPSA) is 102 Å². The zero-order valence-corrected chi connectivity index (χ0v) is 44.2. The first-order chi connectivity index (χ1) is 33.1. The summed E-state index contributed by atoms with van der Waals surface area (Å²) in [5, 5.41) is 11.7. The molecule has 0 aromatic heterocycles. The van der Waals surface area contributed by atoms with Crippen molar-refractivity contribution in [2.75, 3.05) is 41.0 Å². The second kappa shape index (κ2) is 49.7. The van der Waals surface area contributed by atoms with Crippen LogP contribution in [0.15, 0.2) is 97.2 Å². The summed E-state index contributed by atoms with van der Waals surface area (Å²) >= 11 is 0. The quantitative estimate of drug-likeness (QED) is 0.0259. The van der Waals surface area contributed by atoms with Gasteiger partial charge in [-0.25, -0.2) is 0 Å². The van der Waals surface area contributed by atoms with Crippen LogP contribution >= 0.6 is 0 Å². The Labute approximate surface area is 417 Å². The lowest BCUT2D eigenvalue weighted by molar-refractivity contribution is -0.889. The number of aliphatic carboxylic acids is 1. The number of quaternary nitrogens is 1. The summed E-state index contributed by atoms with van der Waals surface area (Å²) in [4.78, 5) is 37.1. The first-order valence-corrected chi connectivity index (χ1v) is 27.3. The van der Waals surface area contributed by atoms with Gasteiger partial charge in [0.1, 0.15) is 12.6 Å². The van der Waals surface area contributed by atoms with Gasteiger partial charge in [-0.2, -0.15) is 0 Å². The molecular weight excluding hydrogens is 847 g/mol. The molecule has 0 fully saturated rings. The Bertz CT molecular complexity index is 1430. The summed E-state index contributed by atoms with van der Waals surface area (Å²) in [5.41, 5.74) is 0. The zero-order chi connectivity index (χ0) is 49.9. The lowest BCUT2D eigenvalue weighted by Gasteiger charge is -2.34. The predicted octanol–water partition coefficient (Wildman–Crippen LogP) is 14.9. The lowest BCUT2D eigenvalue weighted by Crippen LogP contribution is -2.55. The highest BCUT2D eigenvalue weighted by Gasteiger charge is 2.25. The van der Waals surface area contributed by atoms with Gasteiger partial charge in [0.25, 0.3) is 0 Å². The van der Waals surface area contributed by atoms with E-state index in [4.69, 9.17) is 14.2 Å². The van der Waals surface area contributed by atoms with E-state index in [1.165, 1.54) is 77.0 Å². The van der Waals surface area contributed by atoms with Crippen molar-refractivity contribution in [2.45, 2.75) is 225 Å². The van der Waals surface area contributed by atoms with Gasteiger partial charge >= 0.3 is 11.9 Å². The maximum atomic E-state index is 12.8. The number of nitrogens with zero attached hydrogens (tertiary/aromatic N) is 1. The molecule has 0 aromatic carbocycles. The molecule has 8 nitrogen and oxygen atoms in total. The predicted molar refractivity (Wildman–Crippen MR) is 286 cm³/mol. The molecule has 0 N–H and O–H groups in total. The molecule has 68 heavy (non-hydrogen) atoms. The van der Waals surface area contributed by atoms with Crippen LogP contribution in [0.2, 0.25) is 0 Å². The van der Waals surface area contributed by atoms with E-state index >= 15 is 0 Å². The van der Waals surface area contributed by atoms with Crippen molar-refractivity contribution < 1.29 is 38.2 Å². The van der Waals surface area contributed by atoms with Crippen LogP contribution in [0, 0.1) is 0 Å². The maximum absolute atomic E-state index is 12.8. The van der Waals surface area contributed by atoms with Crippen molar-refractivity contribution in [3.8, 4) is 0 Å². The Balaban J connectivity index is 4.27. The normalized spacial score (nSPS) is 13.6. The van der Waals surface area contributed by atoms with Gasteiger partial charge in [-0.3, -0.25) is 9.59 Å². The largest absolute Gasteiger partial charge is 0.544 e. The highest BCUT2D eigenvalue weighted by Crippen LogP contribution is 2.14. The van der Waals surface area contributed by atoms with Crippen molar-refractivity contribution in [3.05, 3.63) is 97.2 Å². The number of unbranched alkanes of at least 4 members (excludes halogenated alkanes) is 18. The van der Waals surface area contributed by atoms with Crippen LogP contribution in [0.3, 0.4) is 0 Å². The van der Waals surface area contributed by atoms with E-state index in [2.05, 4.69) is 111 Å². The number of hydrogen-bond acceptors (Lipinski definition) is 7. The minimum Gasteiger partial charge on any atom is -0.544 e. The lowest BCUT2D eigenvalue weighted by atomic mass is 10.1. The van der Waals surface area contributed by atoms with Gasteiger partial charge in [-0.1, -0.05) is 195 Å². The number of ether oxygens (including phenoxy) is 3. The van der Waals surface area contributed by atoms with Gasteiger partial charge < -0.3 is 28.6 Å². The van der Waals surface area contributed by atoms with Crippen molar-refractivity contribution in [2.24, 2.45) is 0 Å². The number of hydrogen-bond donors (Lipinski definition) is 0. The average Bonchev–Trinajstić information content (AvgIpc) is 3.30. The summed E-state index contributed by atoms with van der Waals surface area (Å²) in [6, 6.07) is -0.736. The van der Waals surface area contributed by atoms with Crippen molar-refractivity contribution in [1.29, 1.82) is 0 Å². The third-order valence-corrected chi connectivity index (χ3v) is 11.7. The van der Waals surface area contributed by atoms with Crippen molar-refractivity contribution >= 4 is 17.9 Å². The molecule has 0 bridgehead atoms. The Morgan fingerprint density at radius 3 is 1.22 bits per heavy atom. The number of allylic oxidation sites excluding steroid dienone is 16. The van der Waals surface area contributed by atoms with Crippen LogP contribution in [0.25, 0.3) is 0 Å². The number of carboxylic acid groups (broad SMARTS) is 1. The van der Waals surface area contributed by atoms with Crippen LogP contribution in [-0.2, 0) is 28.6 Å². The van der Waals surface area contributed by atoms with Crippen LogP contribution in [0.1, 0.15) is 213 Å². The smallest absolute Gasteiger partial charge is 0.306 e. The fourth-order valence-electron chi connectivity index (χ4n) is 7.52. The fourth-order valence-corrected chi connectivity index (χ4v) is 7.52. The number of carbonyl (C=O) groups is 3. The van der Waals surface area contributed by atoms with Gasteiger partial charge in [0, 0.05) is 19.3 Å². The second-order valence-electron chi connectivity index (χ2n) is 19.1. The van der Waals surface area contributed by atoms with Gasteiger partial charge in [-0.15, -0.1) is 0 Å². The first-order valence-electron chi connectivity index (χ1n) is 27.3. The Morgan fingerprint density at radius 2 is 0.824 bits per heavy atom. The molecule has 0 aliphatic heterocycles. The minimum atomic E-state index is -1.13. The van der Waals surface area contributed by atoms with Crippen LogP contribution in [0.4, 0.5) is 0 Å². The number of carbonyl (C=O) groups excluding carboxylic acids is 3. The van der Waals surface area contributed by atoms with E-state index in [1.807, 2.05) is 0 Å². The first kappa shape index (κ1) is 64.2. The highest BCUT2D eigenvalue weighted by molar-refractivity contribution is 5.70. The summed E-state index contributed by atoms with van der Waals surface area (Å²) in [6.45, 7) is 4.50. The molecule has 0 spiro atoms. The van der Waals surface area contributed by atoms with E-state index < -0.39 is 18.1 Å². The number of carboxylic acids is 1. The monoisotopic (exact) mass is 948 g/mol. The molecule has 0 aromatic rings. The molecule has 388 valence electrons. The number of likely N-dealkylation sites (N-methyl/N-ethyl adjacent to an activating group) is 1. The van der Waals surface area contributed by atoms with Crippen molar-refractivity contribution in [3.63, 3.8) is 0 Å². The van der Waals surface area contributed by atoms with E-state index in [1.54, 1.807) is 21.1 Å². The molecule has 0 aliphatic rings. The molecule has 0 saturated carbocycles. The Hall–Kier alpha value is -3.75. The maximum Gasteiger partial charge on any atom is 0.306 e. The summed E-state index contributed by atoms with van der Waals surface area (Å²) in [7, 11) is 5.41. The summed E-state index contributed by atoms with van der Waals surface area (Å²) < 4.78 is 17.3. The standard InChI is InChI=1S/C60H101NO7/c1-6-8-10-12-14-16-18-20-22-24-26-28-30-32-34-36-38-40-42-44-46-48-50-58(62)67-55-56(54-66-53-52-57(60(64)65)61(3,4)5)68-59(63)51-49-47-45-43-41-39-37-35-33-31-29-27-25-23-21-19-17-15-13-11-9-7-2/h8,10,14-17,20-23,26-29,32,34,56-57H,6-7,9,11-13,18-19,24-25,30-31,33,35-55H2,1-5H3/b10-8+,16-14+,17-15+,22-20+,23-21+,28-26+,29-27+,34-32+. The third kappa shape index (κ3) is 47.3. The molecule has 2 unspecified atom stereocenters. The van der Waals surface area contributed by atoms with Gasteiger partial charge in [0.05, 0.1) is 40.3 Å². The van der Waals surface area contributed by atoms with E-state index in [-0.39, 0.29) is 42.7 Å². The number of esters is 2. The fraction of sp³-hybridized carbons (Fsp3) is 0.683. The molecule has 8 heteroatoms. The Kier molecular flexibility index (Phi) is 46.9. The van der Waals surface area contributed by atoms with Crippen LogP contribution < -0.4 is 5.11 Å². The van der Waals surface area contributed by atoms with Crippen LogP contribution in [0.5, 0.6) is 0 Å². The van der Waals surface area contributed by atoms with E-state index in [0.29, 0.717) is 12.8 Å².